The van der Waals surface area contributed by atoms with Gasteiger partial charge in [0.2, 0.25) is 0 Å². The van der Waals surface area contributed by atoms with Crippen LogP contribution in [0.2, 0.25) is 0 Å². The summed E-state index contributed by atoms with van der Waals surface area (Å²) >= 11 is -1.66. The number of rotatable bonds is 3. The molecule has 0 fully saturated rings. The van der Waals surface area contributed by atoms with Gasteiger partial charge in [-0.05, 0) is 18.5 Å². The molecule has 0 bridgehead atoms. The molecule has 0 aromatic heterocycles. The molecule has 11 heavy (non-hydrogen) atoms. The summed E-state index contributed by atoms with van der Waals surface area (Å²) < 4.78 is 0. The molecule has 0 atom stereocenters. The Morgan fingerprint density at radius 2 is 1.09 bits per heavy atom. The van der Waals surface area contributed by atoms with E-state index in [0.29, 0.717) is 7.92 Å². The fourth-order valence-electron chi connectivity index (χ4n) is 0.671. The zero-order valence-electron chi connectivity index (χ0n) is 7.04. The monoisotopic (exact) mass is 326 g/mol. The molecule has 0 aliphatic heterocycles. The third-order valence-electron chi connectivity index (χ3n) is 1.34. The van der Waals surface area contributed by atoms with Crippen LogP contribution in [0.1, 0.15) is 20.8 Å². The Morgan fingerprint density at radius 3 is 1.09 bits per heavy atom. The van der Waals surface area contributed by atoms with E-state index in [4.69, 9.17) is 29.1 Å². The van der Waals surface area contributed by atoms with Crippen molar-refractivity contribution in [3.05, 3.63) is 0 Å². The molecule has 0 saturated heterocycles. The van der Waals surface area contributed by atoms with Gasteiger partial charge < -0.3 is 0 Å². The number of hydrogen-bond donors (Lipinski definition) is 0. The molecule has 0 N–H and O–H groups in total. The van der Waals surface area contributed by atoms with Crippen LogP contribution < -0.4 is 0 Å². The van der Waals surface area contributed by atoms with Gasteiger partial charge in [-0.2, -0.15) is 0 Å². The second-order valence-electron chi connectivity index (χ2n) is 1.76. The van der Waals surface area contributed by atoms with E-state index in [9.17, 15) is 0 Å². The second-order valence-corrected chi connectivity index (χ2v) is 12.5. The van der Waals surface area contributed by atoms with Crippen molar-refractivity contribution in [3.63, 3.8) is 0 Å². The van der Waals surface area contributed by atoms with Crippen molar-refractivity contribution in [2.45, 2.75) is 20.8 Å². The molecule has 0 nitrogen and oxygen atoms in total. The van der Waals surface area contributed by atoms with E-state index in [1.807, 2.05) is 0 Å². The van der Waals surface area contributed by atoms with Crippen molar-refractivity contribution >= 4 is 37.0 Å². The Balaban J connectivity index is 0. The van der Waals surface area contributed by atoms with Crippen molar-refractivity contribution in [1.82, 2.24) is 0 Å². The van der Waals surface area contributed by atoms with E-state index in [1.54, 1.807) is 0 Å². The van der Waals surface area contributed by atoms with E-state index < -0.39 is 13.0 Å². The first kappa shape index (κ1) is 15.4. The van der Waals surface area contributed by atoms with Gasteiger partial charge in [0.1, 0.15) is 0 Å². The molecule has 0 unspecified atom stereocenters. The average molecular weight is 327 g/mol. The van der Waals surface area contributed by atoms with E-state index in [-0.39, 0.29) is 0 Å². The quantitative estimate of drug-likeness (QED) is 0.525. The molecule has 0 rings (SSSR count). The zero-order chi connectivity index (χ0) is 9.28. The topological polar surface area (TPSA) is 0 Å². The van der Waals surface area contributed by atoms with Gasteiger partial charge in [0, 0.05) is 0 Å². The molecular weight excluding hydrogens is 312 g/mol. The van der Waals surface area contributed by atoms with Crippen LogP contribution in [-0.4, -0.2) is 18.5 Å². The number of hydrogen-bond acceptors (Lipinski definition) is 0. The molecule has 0 saturated carbocycles. The van der Waals surface area contributed by atoms with Gasteiger partial charge >= 0.3 is 42.1 Å². The third-order valence-corrected chi connectivity index (χ3v) is 4.02. The molecule has 0 radical (unpaired) electrons. The summed E-state index contributed by atoms with van der Waals surface area (Å²) in [5, 5.41) is 0. The van der Waals surface area contributed by atoms with Crippen molar-refractivity contribution in [2.24, 2.45) is 0 Å². The molecule has 0 aromatic carbocycles. The fraction of sp³-hybridized carbons (Fsp3) is 1.00. The molecule has 74 valence electrons. The Bertz CT molecular complexity index is 60.6. The van der Waals surface area contributed by atoms with E-state index in [1.165, 1.54) is 18.5 Å². The minimum atomic E-state index is -1.66. The van der Waals surface area contributed by atoms with E-state index in [2.05, 4.69) is 20.8 Å². The molecule has 0 aliphatic rings. The molecule has 0 amide bonds. The first-order valence-electron chi connectivity index (χ1n) is 3.45. The second kappa shape index (κ2) is 11.9. The van der Waals surface area contributed by atoms with Gasteiger partial charge in [-0.3, -0.25) is 0 Å². The summed E-state index contributed by atoms with van der Waals surface area (Å²) in [6.45, 7) is 6.87. The number of halogens is 3. The van der Waals surface area contributed by atoms with Crippen LogP contribution in [0.25, 0.3) is 0 Å². The summed E-state index contributed by atoms with van der Waals surface area (Å²) in [4.78, 5) is 0. The van der Waals surface area contributed by atoms with Crippen molar-refractivity contribution in [3.8, 4) is 0 Å². The summed E-state index contributed by atoms with van der Waals surface area (Å²) in [6.07, 6.45) is 4.26. The predicted octanol–water partition coefficient (Wildman–Crippen LogP) is 4.59. The van der Waals surface area contributed by atoms with Crippen molar-refractivity contribution in [1.29, 1.82) is 0 Å². The normalized spacial score (nSPS) is 10.6. The van der Waals surface area contributed by atoms with Gasteiger partial charge in [0.15, 0.2) is 0 Å². The third kappa shape index (κ3) is 18.7. The van der Waals surface area contributed by atoms with Gasteiger partial charge in [0.05, 0.1) is 0 Å². The predicted molar refractivity (Wildman–Crippen MR) is 56.1 cm³/mol. The Hall–Kier alpha value is 1.92. The maximum atomic E-state index is 4.94. The first-order chi connectivity index (χ1) is 5.08. The minimum absolute atomic E-state index is 0.446. The van der Waals surface area contributed by atoms with Crippen LogP contribution in [0.5, 0.6) is 0 Å². The SMILES string of the molecule is CCP(CC)CC.[Cl][Rh]([Cl])[Cl]. The fourth-order valence-corrected chi connectivity index (χ4v) is 2.01. The summed E-state index contributed by atoms with van der Waals surface area (Å²) in [5.74, 6) is 0. The van der Waals surface area contributed by atoms with Crippen molar-refractivity contribution in [2.75, 3.05) is 18.5 Å². The molecule has 0 aromatic rings. The maximum absolute atomic E-state index is 4.94. The first-order valence-corrected chi connectivity index (χ1v) is 11.7. The molecular formula is C6H15Cl3PRh. The Labute approximate surface area is 88.8 Å². The molecule has 5 heteroatoms. The van der Waals surface area contributed by atoms with Crippen LogP contribution in [0.15, 0.2) is 0 Å². The average Bonchev–Trinajstić information content (AvgIpc) is 1.90. The summed E-state index contributed by atoms with van der Waals surface area (Å²) in [6, 6.07) is 0. The van der Waals surface area contributed by atoms with E-state index in [0.717, 1.165) is 0 Å². The van der Waals surface area contributed by atoms with Crippen LogP contribution in [0.4, 0.5) is 0 Å². The standard InChI is InChI=1S/C6H15P.3ClH.Rh/c1-4-7(5-2)6-3;;;;/h4-6H2,1-3H3;3*1H;/q;;;;+3/p-3. The van der Waals surface area contributed by atoms with Crippen LogP contribution in [0, 0.1) is 0 Å². The zero-order valence-corrected chi connectivity index (χ0v) is 11.8. The van der Waals surface area contributed by atoms with Crippen molar-refractivity contribution < 1.29 is 13.0 Å². The molecule has 0 heterocycles. The van der Waals surface area contributed by atoms with Gasteiger partial charge in [-0.25, -0.2) is 0 Å². The molecule has 0 spiro atoms. The van der Waals surface area contributed by atoms with Gasteiger partial charge in [-0.15, -0.1) is 7.92 Å². The molecule has 0 aliphatic carbocycles. The van der Waals surface area contributed by atoms with Crippen LogP contribution in [0.3, 0.4) is 0 Å². The summed E-state index contributed by atoms with van der Waals surface area (Å²) in [7, 11) is 15.3. The Kier molecular flexibility index (Phi) is 16.7. The summed E-state index contributed by atoms with van der Waals surface area (Å²) in [5.41, 5.74) is 0. The van der Waals surface area contributed by atoms with E-state index >= 15 is 0 Å². The van der Waals surface area contributed by atoms with Crippen LogP contribution >= 0.6 is 37.0 Å². The van der Waals surface area contributed by atoms with Crippen LogP contribution in [-0.2, 0) is 13.0 Å². The Morgan fingerprint density at radius 1 is 0.909 bits per heavy atom. The van der Waals surface area contributed by atoms with Gasteiger partial charge in [-0.1, -0.05) is 20.8 Å². The van der Waals surface area contributed by atoms with Gasteiger partial charge in [0.25, 0.3) is 0 Å².